The van der Waals surface area contributed by atoms with Gasteiger partial charge in [-0.15, -0.1) is 0 Å². The highest BCUT2D eigenvalue weighted by Gasteiger charge is 2.31. The Bertz CT molecular complexity index is 1140. The number of rotatable bonds is 10. The topological polar surface area (TPSA) is 96.0 Å². The summed E-state index contributed by atoms with van der Waals surface area (Å²) in [5.41, 5.74) is 1.99. The molecule has 0 heterocycles. The van der Waals surface area contributed by atoms with Gasteiger partial charge in [0.1, 0.15) is 18.3 Å². The number of anilines is 1. The zero-order valence-electron chi connectivity index (χ0n) is 21.6. The summed E-state index contributed by atoms with van der Waals surface area (Å²) in [6, 6.07) is 13.6. The highest BCUT2D eigenvalue weighted by Crippen LogP contribution is 2.23. The predicted octanol–water partition coefficient (Wildman–Crippen LogP) is 3.64. The summed E-state index contributed by atoms with van der Waals surface area (Å²) >= 11 is 0. The summed E-state index contributed by atoms with van der Waals surface area (Å²) < 4.78 is 31.7. The first-order valence-corrected chi connectivity index (χ1v) is 14.2. The molecular formula is C27H37N3O5S. The number of ether oxygens (including phenoxy) is 1. The van der Waals surface area contributed by atoms with Crippen LogP contribution in [0, 0.1) is 6.92 Å². The van der Waals surface area contributed by atoms with Crippen LogP contribution in [-0.2, 0) is 26.2 Å². The molecule has 0 unspecified atom stereocenters. The molecule has 196 valence electrons. The second-order valence-electron chi connectivity index (χ2n) is 9.45. The standard InChI is InChI=1S/C27H37N3O5S/c1-20-10-8-9-13-25(20)30(36(4,33)34)19-26(31)29(18-22-14-16-24(35-3)17-15-22)21(2)27(32)28-23-11-6-5-7-12-23/h8-10,13-17,21,23H,5-7,11-12,18-19H2,1-4H3,(H,28,32)/t21-/m1/s1. The van der Waals surface area contributed by atoms with Crippen LogP contribution in [0.5, 0.6) is 5.75 Å². The van der Waals surface area contributed by atoms with Crippen LogP contribution in [0.3, 0.4) is 0 Å². The minimum Gasteiger partial charge on any atom is -0.497 e. The van der Waals surface area contributed by atoms with Gasteiger partial charge < -0.3 is 15.0 Å². The Hall–Kier alpha value is -3.07. The highest BCUT2D eigenvalue weighted by atomic mass is 32.2. The van der Waals surface area contributed by atoms with Crippen LogP contribution in [0.4, 0.5) is 5.69 Å². The average Bonchev–Trinajstić information content (AvgIpc) is 2.86. The Morgan fingerprint density at radius 3 is 2.28 bits per heavy atom. The molecule has 2 aromatic rings. The van der Waals surface area contributed by atoms with Crippen LogP contribution in [0.1, 0.15) is 50.2 Å². The third-order valence-electron chi connectivity index (χ3n) is 6.69. The summed E-state index contributed by atoms with van der Waals surface area (Å²) in [5, 5.41) is 3.10. The molecule has 1 N–H and O–H groups in total. The molecule has 0 radical (unpaired) electrons. The molecule has 0 aliphatic heterocycles. The lowest BCUT2D eigenvalue weighted by Gasteiger charge is -2.33. The molecule has 1 atom stereocenters. The molecule has 3 rings (SSSR count). The van der Waals surface area contributed by atoms with Crippen molar-refractivity contribution < 1.29 is 22.7 Å². The van der Waals surface area contributed by atoms with Crippen LogP contribution in [0.25, 0.3) is 0 Å². The van der Waals surface area contributed by atoms with Gasteiger partial charge in [-0.1, -0.05) is 49.6 Å². The Balaban J connectivity index is 1.87. The maximum absolute atomic E-state index is 13.7. The van der Waals surface area contributed by atoms with Crippen molar-refractivity contribution in [3.05, 3.63) is 59.7 Å². The smallest absolute Gasteiger partial charge is 0.244 e. The van der Waals surface area contributed by atoms with E-state index in [-0.39, 0.29) is 18.5 Å². The second-order valence-corrected chi connectivity index (χ2v) is 11.4. The Kier molecular flexibility index (Phi) is 9.37. The molecule has 0 aromatic heterocycles. The Morgan fingerprint density at radius 1 is 1.06 bits per heavy atom. The summed E-state index contributed by atoms with van der Waals surface area (Å²) in [4.78, 5) is 28.3. The molecule has 1 fully saturated rings. The number of hydrogen-bond acceptors (Lipinski definition) is 5. The maximum atomic E-state index is 13.7. The minimum absolute atomic E-state index is 0.103. The summed E-state index contributed by atoms with van der Waals surface area (Å²) in [6.07, 6.45) is 6.27. The van der Waals surface area contributed by atoms with Crippen molar-refractivity contribution in [1.29, 1.82) is 0 Å². The normalized spacial score (nSPS) is 15.1. The highest BCUT2D eigenvalue weighted by molar-refractivity contribution is 7.92. The van der Waals surface area contributed by atoms with Crippen molar-refractivity contribution in [3.8, 4) is 5.75 Å². The molecule has 0 saturated heterocycles. The van der Waals surface area contributed by atoms with Gasteiger partial charge in [-0.3, -0.25) is 13.9 Å². The largest absolute Gasteiger partial charge is 0.497 e. The van der Waals surface area contributed by atoms with E-state index in [2.05, 4.69) is 5.32 Å². The van der Waals surface area contributed by atoms with Crippen LogP contribution in [0.15, 0.2) is 48.5 Å². The lowest BCUT2D eigenvalue weighted by atomic mass is 9.95. The van der Waals surface area contributed by atoms with Crippen LogP contribution < -0.4 is 14.4 Å². The lowest BCUT2D eigenvalue weighted by molar-refractivity contribution is -0.139. The number of sulfonamides is 1. The van der Waals surface area contributed by atoms with Crippen molar-refractivity contribution in [2.45, 2.75) is 64.6 Å². The third kappa shape index (κ3) is 7.22. The first kappa shape index (κ1) is 27.5. The van der Waals surface area contributed by atoms with Gasteiger partial charge in [0.2, 0.25) is 21.8 Å². The summed E-state index contributed by atoms with van der Waals surface area (Å²) in [6.45, 7) is 3.25. The number of methoxy groups -OCH3 is 1. The van der Waals surface area contributed by atoms with E-state index >= 15 is 0 Å². The van der Waals surface area contributed by atoms with Gasteiger partial charge in [-0.2, -0.15) is 0 Å². The number of amides is 2. The second kappa shape index (κ2) is 12.3. The Labute approximate surface area is 214 Å². The molecule has 1 aliphatic rings. The van der Waals surface area contributed by atoms with Gasteiger partial charge in [0.25, 0.3) is 0 Å². The maximum Gasteiger partial charge on any atom is 0.244 e. The number of carbonyl (C=O) groups excluding carboxylic acids is 2. The third-order valence-corrected chi connectivity index (χ3v) is 7.82. The molecule has 0 spiro atoms. The van der Waals surface area contributed by atoms with Gasteiger partial charge in [0, 0.05) is 12.6 Å². The lowest BCUT2D eigenvalue weighted by Crippen LogP contribution is -2.53. The van der Waals surface area contributed by atoms with Gasteiger partial charge in [0.15, 0.2) is 0 Å². The zero-order chi connectivity index (χ0) is 26.3. The van der Waals surface area contributed by atoms with Crippen LogP contribution in [0.2, 0.25) is 0 Å². The summed E-state index contributed by atoms with van der Waals surface area (Å²) in [5.74, 6) is -0.00105. The summed E-state index contributed by atoms with van der Waals surface area (Å²) in [7, 11) is -2.17. The van der Waals surface area contributed by atoms with E-state index in [1.807, 2.05) is 18.2 Å². The molecule has 2 aromatic carbocycles. The molecule has 1 aliphatic carbocycles. The predicted molar refractivity (Wildman–Crippen MR) is 141 cm³/mol. The number of aryl methyl sites for hydroxylation is 1. The molecule has 1 saturated carbocycles. The van der Waals surface area contributed by atoms with E-state index < -0.39 is 28.5 Å². The first-order valence-electron chi connectivity index (χ1n) is 12.4. The van der Waals surface area contributed by atoms with Gasteiger partial charge in [0.05, 0.1) is 19.1 Å². The van der Waals surface area contributed by atoms with E-state index in [1.165, 1.54) is 11.3 Å². The number of nitrogens with one attached hydrogen (secondary N) is 1. The van der Waals surface area contributed by atoms with Crippen LogP contribution >= 0.6 is 0 Å². The van der Waals surface area contributed by atoms with Crippen molar-refractivity contribution in [3.63, 3.8) is 0 Å². The zero-order valence-corrected chi connectivity index (χ0v) is 22.4. The van der Waals surface area contributed by atoms with E-state index in [0.717, 1.165) is 47.4 Å². The average molecular weight is 516 g/mol. The Morgan fingerprint density at radius 2 is 1.69 bits per heavy atom. The van der Waals surface area contributed by atoms with Gasteiger partial charge >= 0.3 is 0 Å². The van der Waals surface area contributed by atoms with E-state index in [1.54, 1.807) is 51.3 Å². The van der Waals surface area contributed by atoms with E-state index in [0.29, 0.717) is 11.4 Å². The monoisotopic (exact) mass is 515 g/mol. The molecular weight excluding hydrogens is 478 g/mol. The SMILES string of the molecule is COc1ccc(CN(C(=O)CN(c2ccccc2C)S(C)(=O)=O)[C@H](C)C(=O)NC2CCCCC2)cc1. The number of para-hydroxylation sites is 1. The van der Waals surface area contributed by atoms with Crippen molar-refractivity contribution >= 4 is 27.5 Å². The van der Waals surface area contributed by atoms with Gasteiger partial charge in [-0.05, 0) is 56.0 Å². The quantitative estimate of drug-likeness (QED) is 0.521. The fourth-order valence-corrected chi connectivity index (χ4v) is 5.42. The minimum atomic E-state index is -3.75. The van der Waals surface area contributed by atoms with Crippen LogP contribution in [-0.4, -0.2) is 57.1 Å². The van der Waals surface area contributed by atoms with Crippen molar-refractivity contribution in [1.82, 2.24) is 10.2 Å². The van der Waals surface area contributed by atoms with Crippen molar-refractivity contribution in [2.75, 3.05) is 24.2 Å². The van der Waals surface area contributed by atoms with E-state index in [4.69, 9.17) is 4.74 Å². The molecule has 0 bridgehead atoms. The fraction of sp³-hybridized carbons (Fsp3) is 0.481. The van der Waals surface area contributed by atoms with Gasteiger partial charge in [-0.25, -0.2) is 8.42 Å². The number of benzene rings is 2. The fourth-order valence-electron chi connectivity index (χ4n) is 4.52. The number of carbonyl (C=O) groups is 2. The van der Waals surface area contributed by atoms with Crippen molar-refractivity contribution in [2.24, 2.45) is 0 Å². The number of nitrogens with zero attached hydrogens (tertiary/aromatic N) is 2. The first-order chi connectivity index (χ1) is 17.1. The molecule has 8 nitrogen and oxygen atoms in total. The molecule has 9 heteroatoms. The molecule has 36 heavy (non-hydrogen) atoms. The number of hydrogen-bond donors (Lipinski definition) is 1. The van der Waals surface area contributed by atoms with E-state index in [9.17, 15) is 18.0 Å². The molecule has 2 amide bonds.